The lowest BCUT2D eigenvalue weighted by atomic mass is 10.3. The molecule has 1 aromatic rings. The van der Waals surface area contributed by atoms with Crippen LogP contribution in [0.15, 0.2) is 10.2 Å². The van der Waals surface area contributed by atoms with E-state index in [1.807, 2.05) is 13.2 Å². The Bertz CT molecular complexity index is 474. The molecule has 0 saturated carbocycles. The van der Waals surface area contributed by atoms with Crippen LogP contribution in [0.4, 0.5) is 0 Å². The maximum Gasteiger partial charge on any atom is 0.256 e. The molecule has 0 saturated heterocycles. The highest BCUT2D eigenvalue weighted by atomic mass is 32.2. The zero-order chi connectivity index (χ0) is 15.7. The van der Waals surface area contributed by atoms with E-state index in [4.69, 9.17) is 19.9 Å². The molecule has 0 unspecified atom stereocenters. The van der Waals surface area contributed by atoms with Gasteiger partial charge in [0.1, 0.15) is 24.0 Å². The van der Waals surface area contributed by atoms with Crippen LogP contribution >= 0.6 is 23.5 Å². The number of aromatic nitrogens is 2. The summed E-state index contributed by atoms with van der Waals surface area (Å²) in [7, 11) is 1.54. The van der Waals surface area contributed by atoms with Crippen molar-refractivity contribution in [3.8, 4) is 5.88 Å². The number of thioether (sulfide) groups is 2. The second-order valence-corrected chi connectivity index (χ2v) is 5.68. The van der Waals surface area contributed by atoms with E-state index >= 15 is 0 Å². The van der Waals surface area contributed by atoms with Gasteiger partial charge in [0.2, 0.25) is 5.88 Å². The van der Waals surface area contributed by atoms with Crippen molar-refractivity contribution < 1.29 is 19.0 Å². The Kier molecular flexibility index (Phi) is 8.43. The van der Waals surface area contributed by atoms with Crippen LogP contribution in [0.3, 0.4) is 0 Å². The van der Waals surface area contributed by atoms with Crippen molar-refractivity contribution >= 4 is 29.4 Å². The van der Waals surface area contributed by atoms with E-state index in [0.29, 0.717) is 16.8 Å². The summed E-state index contributed by atoms with van der Waals surface area (Å²) >= 11 is 2.80. The number of ether oxygens (including phenoxy) is 3. The Morgan fingerprint density at radius 3 is 2.67 bits per heavy atom. The van der Waals surface area contributed by atoms with Gasteiger partial charge < -0.3 is 19.9 Å². The van der Waals surface area contributed by atoms with Crippen LogP contribution in [-0.4, -0.2) is 55.0 Å². The summed E-state index contributed by atoms with van der Waals surface area (Å²) in [6.45, 7) is 2.74. The minimum atomic E-state index is -0.611. The molecule has 2 N–H and O–H groups in total. The second kappa shape index (κ2) is 9.82. The number of carbonyl (C=O) groups excluding carboxylic acids is 1. The van der Waals surface area contributed by atoms with Gasteiger partial charge in [-0.2, -0.15) is 4.98 Å². The van der Waals surface area contributed by atoms with Gasteiger partial charge in [0.05, 0.1) is 6.61 Å². The molecule has 1 amide bonds. The van der Waals surface area contributed by atoms with Gasteiger partial charge in [0.25, 0.3) is 5.91 Å². The molecule has 1 rings (SSSR count). The number of carbonyl (C=O) groups is 1. The van der Waals surface area contributed by atoms with E-state index in [-0.39, 0.29) is 24.8 Å². The van der Waals surface area contributed by atoms with Crippen molar-refractivity contribution in [2.45, 2.75) is 17.1 Å². The average Bonchev–Trinajstić information content (AvgIpc) is 2.46. The zero-order valence-corrected chi connectivity index (χ0v) is 13.9. The van der Waals surface area contributed by atoms with E-state index in [0.717, 1.165) is 5.75 Å². The number of nitrogens with two attached hydrogens (primary N) is 1. The van der Waals surface area contributed by atoms with E-state index in [1.165, 1.54) is 30.6 Å². The minimum absolute atomic E-state index is 0.183. The van der Waals surface area contributed by atoms with Crippen LogP contribution < -0.4 is 10.5 Å². The van der Waals surface area contributed by atoms with E-state index < -0.39 is 5.91 Å². The molecular weight excluding hydrogens is 314 g/mol. The highest BCUT2D eigenvalue weighted by Crippen LogP contribution is 2.28. The molecule has 1 heterocycles. The number of methoxy groups -OCH3 is 1. The SMILES string of the molecule is CCSc1nc(OCCOCOC)c(C(N)=O)c(SC)n1. The molecule has 0 fully saturated rings. The lowest BCUT2D eigenvalue weighted by Crippen LogP contribution is -2.18. The lowest BCUT2D eigenvalue weighted by molar-refractivity contribution is -0.0392. The van der Waals surface area contributed by atoms with Crippen molar-refractivity contribution in [1.29, 1.82) is 0 Å². The van der Waals surface area contributed by atoms with Gasteiger partial charge in [-0.1, -0.05) is 18.7 Å². The van der Waals surface area contributed by atoms with Crippen LogP contribution in [0.25, 0.3) is 0 Å². The largest absolute Gasteiger partial charge is 0.475 e. The maximum absolute atomic E-state index is 11.6. The molecule has 0 aliphatic carbocycles. The maximum atomic E-state index is 11.6. The zero-order valence-electron chi connectivity index (χ0n) is 12.2. The summed E-state index contributed by atoms with van der Waals surface area (Å²) < 4.78 is 15.4. The summed E-state index contributed by atoms with van der Waals surface area (Å²) in [5, 5.41) is 1.07. The first-order valence-electron chi connectivity index (χ1n) is 6.22. The molecule has 7 nitrogen and oxygen atoms in total. The summed E-state index contributed by atoms with van der Waals surface area (Å²) in [5.74, 6) is 0.402. The Labute approximate surface area is 132 Å². The van der Waals surface area contributed by atoms with Gasteiger partial charge in [0, 0.05) is 7.11 Å². The van der Waals surface area contributed by atoms with Crippen LogP contribution in [0, 0.1) is 0 Å². The highest BCUT2D eigenvalue weighted by molar-refractivity contribution is 7.99. The quantitative estimate of drug-likeness (QED) is 0.226. The number of amides is 1. The molecule has 21 heavy (non-hydrogen) atoms. The van der Waals surface area contributed by atoms with Crippen molar-refractivity contribution in [2.75, 3.05) is 39.1 Å². The van der Waals surface area contributed by atoms with Crippen LogP contribution in [0.1, 0.15) is 17.3 Å². The number of hydrogen-bond acceptors (Lipinski definition) is 8. The molecule has 0 bridgehead atoms. The van der Waals surface area contributed by atoms with Gasteiger partial charge in [0.15, 0.2) is 5.16 Å². The minimum Gasteiger partial charge on any atom is -0.475 e. The Morgan fingerprint density at radius 1 is 1.33 bits per heavy atom. The van der Waals surface area contributed by atoms with Gasteiger partial charge >= 0.3 is 0 Å². The Hall–Kier alpha value is -1.03. The van der Waals surface area contributed by atoms with Crippen LogP contribution in [0.2, 0.25) is 0 Å². The lowest BCUT2D eigenvalue weighted by Gasteiger charge is -2.12. The number of rotatable bonds is 10. The molecule has 0 spiro atoms. The van der Waals surface area contributed by atoms with Gasteiger partial charge in [-0.25, -0.2) is 4.98 Å². The van der Waals surface area contributed by atoms with Gasteiger partial charge in [-0.3, -0.25) is 4.79 Å². The normalized spacial score (nSPS) is 10.6. The molecule has 0 aromatic carbocycles. The first kappa shape index (κ1) is 18.0. The van der Waals surface area contributed by atoms with E-state index in [1.54, 1.807) is 0 Å². The predicted octanol–water partition coefficient (Wildman–Crippen LogP) is 1.41. The number of hydrogen-bond donors (Lipinski definition) is 1. The fourth-order valence-corrected chi connectivity index (χ4v) is 2.59. The Balaban J connectivity index is 2.91. The van der Waals surface area contributed by atoms with Crippen LogP contribution in [-0.2, 0) is 9.47 Å². The van der Waals surface area contributed by atoms with Gasteiger partial charge in [-0.15, -0.1) is 11.8 Å². The average molecular weight is 333 g/mol. The highest BCUT2D eigenvalue weighted by Gasteiger charge is 2.20. The first-order valence-corrected chi connectivity index (χ1v) is 8.43. The third-order valence-electron chi connectivity index (χ3n) is 2.20. The molecule has 118 valence electrons. The summed E-state index contributed by atoms with van der Waals surface area (Å²) in [5.41, 5.74) is 5.60. The van der Waals surface area contributed by atoms with E-state index in [2.05, 4.69) is 9.97 Å². The summed E-state index contributed by atoms with van der Waals surface area (Å²) in [6, 6.07) is 0. The summed E-state index contributed by atoms with van der Waals surface area (Å²) in [4.78, 5) is 20.1. The topological polar surface area (TPSA) is 96.6 Å². The van der Waals surface area contributed by atoms with E-state index in [9.17, 15) is 4.79 Å². The smallest absolute Gasteiger partial charge is 0.256 e. The van der Waals surface area contributed by atoms with Crippen LogP contribution in [0.5, 0.6) is 5.88 Å². The monoisotopic (exact) mass is 333 g/mol. The third-order valence-corrected chi connectivity index (χ3v) is 3.61. The third kappa shape index (κ3) is 5.70. The first-order chi connectivity index (χ1) is 10.1. The van der Waals surface area contributed by atoms with Crippen molar-refractivity contribution in [1.82, 2.24) is 9.97 Å². The molecule has 0 atom stereocenters. The molecule has 0 aliphatic heterocycles. The fourth-order valence-electron chi connectivity index (χ4n) is 1.40. The van der Waals surface area contributed by atoms with Gasteiger partial charge in [-0.05, 0) is 12.0 Å². The molecular formula is C12H19N3O4S2. The Morgan fingerprint density at radius 2 is 2.10 bits per heavy atom. The number of primary amides is 1. The summed E-state index contributed by atoms with van der Waals surface area (Å²) in [6.07, 6.45) is 1.82. The van der Waals surface area contributed by atoms with Crippen molar-refractivity contribution in [2.24, 2.45) is 5.73 Å². The predicted molar refractivity (Wildman–Crippen MR) is 82.1 cm³/mol. The fraction of sp³-hybridized carbons (Fsp3) is 0.583. The molecule has 1 aromatic heterocycles. The molecule has 0 aliphatic rings. The molecule has 9 heteroatoms. The van der Waals surface area contributed by atoms with Crippen molar-refractivity contribution in [3.63, 3.8) is 0 Å². The number of nitrogens with zero attached hydrogens (tertiary/aromatic N) is 2. The standard InChI is InChI=1S/C12H19N3O4S2/c1-4-21-12-14-10(19-6-5-18-7-17-2)8(9(13)16)11(15-12)20-3/h4-7H2,1-3H3,(H2,13,16). The second-order valence-electron chi connectivity index (χ2n) is 3.66. The molecule has 0 radical (unpaired) electrons. The van der Waals surface area contributed by atoms with Crippen molar-refractivity contribution in [3.05, 3.63) is 5.56 Å².